The standard InChI is InChI=1S/C9H16O4.C8H14O3.C5H10O3.C4H8O2/c1-5-6-7(10)13-9(2,3)8(11)12-4;1-3-5-7(9)11-8(10)6-4-2;1-5(2,7)4(6)8-3;1-2-3-4(5)6/h5-6H2,1-4H3;3-6H2,1-2H3;7H,1-3H3;2-3H2,1H3,(H,5,6). The first-order valence-corrected chi connectivity index (χ1v) is 12.5. The summed E-state index contributed by atoms with van der Waals surface area (Å²) in [6.07, 6.45) is 4.15. The molecule has 0 aliphatic heterocycles. The molecule has 0 radical (unpaired) electrons. The molecule has 12 heteroatoms. The van der Waals surface area contributed by atoms with Crippen LogP contribution in [-0.4, -0.2) is 71.5 Å². The van der Waals surface area contributed by atoms with Crippen molar-refractivity contribution in [3.8, 4) is 0 Å². The molecule has 38 heavy (non-hydrogen) atoms. The third-order valence-corrected chi connectivity index (χ3v) is 3.78. The number of aliphatic hydroxyl groups is 1. The van der Waals surface area contributed by atoms with Gasteiger partial charge in [0.15, 0.2) is 5.60 Å². The van der Waals surface area contributed by atoms with Crippen LogP contribution in [0.2, 0.25) is 0 Å². The number of carbonyl (C=O) groups excluding carboxylic acids is 5. The predicted octanol–water partition coefficient (Wildman–Crippen LogP) is 3.74. The monoisotopic (exact) mass is 552 g/mol. The molecule has 0 amide bonds. The van der Waals surface area contributed by atoms with Gasteiger partial charge in [0.2, 0.25) is 5.60 Å². The highest BCUT2D eigenvalue weighted by Gasteiger charge is 2.32. The van der Waals surface area contributed by atoms with E-state index in [2.05, 4.69) is 14.2 Å². The fraction of sp³-hybridized carbons (Fsp3) is 0.769. The molecular formula is C26H48O12. The quantitative estimate of drug-likeness (QED) is 0.216. The van der Waals surface area contributed by atoms with Crippen LogP contribution in [0, 0.1) is 0 Å². The molecule has 224 valence electrons. The molecule has 0 aromatic carbocycles. The van der Waals surface area contributed by atoms with Gasteiger partial charge in [0, 0.05) is 25.7 Å². The number of hydrogen-bond donors (Lipinski definition) is 2. The summed E-state index contributed by atoms with van der Waals surface area (Å²) in [5.41, 5.74) is -2.53. The number of carboxylic acid groups (broad SMARTS) is 1. The van der Waals surface area contributed by atoms with Gasteiger partial charge < -0.3 is 29.2 Å². The third-order valence-electron chi connectivity index (χ3n) is 3.78. The summed E-state index contributed by atoms with van der Waals surface area (Å²) in [6, 6.07) is 0. The van der Waals surface area contributed by atoms with E-state index >= 15 is 0 Å². The van der Waals surface area contributed by atoms with Crippen LogP contribution in [-0.2, 0) is 47.7 Å². The molecule has 0 aliphatic carbocycles. The lowest BCUT2D eigenvalue weighted by Gasteiger charge is -2.21. The van der Waals surface area contributed by atoms with Crippen LogP contribution in [0.1, 0.15) is 107 Å². The molecule has 0 aromatic heterocycles. The number of hydrogen-bond acceptors (Lipinski definition) is 11. The summed E-state index contributed by atoms with van der Waals surface area (Å²) < 4.78 is 18.1. The van der Waals surface area contributed by atoms with Gasteiger partial charge in [-0.3, -0.25) is 19.2 Å². The Kier molecular flexibility index (Phi) is 26.9. The lowest BCUT2D eigenvalue weighted by atomic mass is 10.1. The van der Waals surface area contributed by atoms with Gasteiger partial charge >= 0.3 is 35.8 Å². The lowest BCUT2D eigenvalue weighted by molar-refractivity contribution is -0.176. The Hall–Kier alpha value is -3.02. The van der Waals surface area contributed by atoms with Gasteiger partial charge in [-0.1, -0.05) is 27.7 Å². The summed E-state index contributed by atoms with van der Waals surface area (Å²) >= 11 is 0. The molecule has 12 nitrogen and oxygen atoms in total. The van der Waals surface area contributed by atoms with E-state index in [-0.39, 0.29) is 5.97 Å². The summed E-state index contributed by atoms with van der Waals surface area (Å²) in [6.45, 7) is 13.2. The van der Waals surface area contributed by atoms with Crippen LogP contribution in [0.5, 0.6) is 0 Å². The fourth-order valence-corrected chi connectivity index (χ4v) is 1.93. The maximum absolute atomic E-state index is 11.1. The first kappa shape index (κ1) is 42.1. The zero-order valence-corrected chi connectivity index (χ0v) is 24.6. The molecule has 0 aromatic rings. The molecule has 0 fully saturated rings. The average molecular weight is 553 g/mol. The van der Waals surface area contributed by atoms with E-state index in [0.29, 0.717) is 32.1 Å². The van der Waals surface area contributed by atoms with Crippen molar-refractivity contribution in [2.45, 2.75) is 118 Å². The second kappa shape index (κ2) is 24.3. The van der Waals surface area contributed by atoms with Gasteiger partial charge in [-0.25, -0.2) is 9.59 Å². The van der Waals surface area contributed by atoms with Crippen LogP contribution in [0.4, 0.5) is 0 Å². The molecule has 0 aliphatic rings. The topological polar surface area (TPSA) is 180 Å². The zero-order chi connectivity index (χ0) is 30.9. The van der Waals surface area contributed by atoms with Crippen molar-refractivity contribution in [1.29, 1.82) is 0 Å². The maximum atomic E-state index is 11.1. The van der Waals surface area contributed by atoms with E-state index in [0.717, 1.165) is 19.3 Å². The minimum atomic E-state index is -1.35. The number of rotatable bonds is 11. The Morgan fingerprint density at radius 1 is 0.605 bits per heavy atom. The van der Waals surface area contributed by atoms with Crippen molar-refractivity contribution in [2.75, 3.05) is 14.2 Å². The predicted molar refractivity (Wildman–Crippen MR) is 139 cm³/mol. The summed E-state index contributed by atoms with van der Waals surface area (Å²) in [7, 11) is 2.50. The van der Waals surface area contributed by atoms with Crippen LogP contribution in [0.25, 0.3) is 0 Å². The van der Waals surface area contributed by atoms with Gasteiger partial charge in [-0.15, -0.1) is 0 Å². The molecule has 0 saturated heterocycles. The van der Waals surface area contributed by atoms with Crippen LogP contribution < -0.4 is 0 Å². The van der Waals surface area contributed by atoms with Crippen molar-refractivity contribution >= 4 is 35.8 Å². The molecular weight excluding hydrogens is 504 g/mol. The minimum absolute atomic E-state index is 0.292. The maximum Gasteiger partial charge on any atom is 0.349 e. The third kappa shape index (κ3) is 29.2. The summed E-state index contributed by atoms with van der Waals surface area (Å²) in [5.74, 6) is -3.07. The zero-order valence-electron chi connectivity index (χ0n) is 24.6. The van der Waals surface area contributed by atoms with Crippen LogP contribution in [0.3, 0.4) is 0 Å². The van der Waals surface area contributed by atoms with E-state index in [4.69, 9.17) is 14.9 Å². The Balaban J connectivity index is -0.000000211. The van der Waals surface area contributed by atoms with Crippen molar-refractivity contribution in [3.05, 3.63) is 0 Å². The molecule has 0 rings (SSSR count). The summed E-state index contributed by atoms with van der Waals surface area (Å²) in [5, 5.41) is 16.7. The first-order valence-electron chi connectivity index (χ1n) is 12.5. The van der Waals surface area contributed by atoms with Gasteiger partial charge in [-0.05, 0) is 53.4 Å². The van der Waals surface area contributed by atoms with Crippen molar-refractivity contribution in [2.24, 2.45) is 0 Å². The van der Waals surface area contributed by atoms with Gasteiger partial charge in [0.1, 0.15) is 0 Å². The van der Waals surface area contributed by atoms with Crippen LogP contribution >= 0.6 is 0 Å². The molecule has 0 unspecified atom stereocenters. The van der Waals surface area contributed by atoms with E-state index in [9.17, 15) is 28.8 Å². The highest BCUT2D eigenvalue weighted by Crippen LogP contribution is 2.12. The molecule has 0 spiro atoms. The normalized spacial score (nSPS) is 9.97. The number of methoxy groups -OCH3 is 2. The lowest BCUT2D eigenvalue weighted by Crippen LogP contribution is -2.38. The second-order valence-corrected chi connectivity index (χ2v) is 8.77. The first-order chi connectivity index (χ1) is 17.4. The average Bonchev–Trinajstić information content (AvgIpc) is 2.78. The van der Waals surface area contributed by atoms with Gasteiger partial charge in [0.25, 0.3) is 0 Å². The SMILES string of the molecule is CCCC(=O)O.CCCC(=O)OC(=O)CCC.CCCC(=O)OC(C)(C)C(=O)OC.COC(=O)C(C)(C)O. The minimum Gasteiger partial charge on any atom is -0.481 e. The molecule has 0 saturated carbocycles. The van der Waals surface area contributed by atoms with E-state index in [1.54, 1.807) is 0 Å². The van der Waals surface area contributed by atoms with Crippen molar-refractivity contribution in [1.82, 2.24) is 0 Å². The van der Waals surface area contributed by atoms with E-state index in [1.165, 1.54) is 41.9 Å². The smallest absolute Gasteiger partial charge is 0.349 e. The van der Waals surface area contributed by atoms with Crippen LogP contribution in [0.15, 0.2) is 0 Å². The molecule has 0 atom stereocenters. The van der Waals surface area contributed by atoms with Gasteiger partial charge in [-0.2, -0.15) is 0 Å². The van der Waals surface area contributed by atoms with Crippen molar-refractivity contribution < 1.29 is 57.9 Å². The summed E-state index contributed by atoms with van der Waals surface area (Å²) in [4.78, 5) is 63.5. The largest absolute Gasteiger partial charge is 0.481 e. The number of carboxylic acids is 1. The highest BCUT2D eigenvalue weighted by atomic mass is 16.6. The molecule has 0 bridgehead atoms. The van der Waals surface area contributed by atoms with Crippen molar-refractivity contribution in [3.63, 3.8) is 0 Å². The number of ether oxygens (including phenoxy) is 4. The van der Waals surface area contributed by atoms with E-state index in [1.807, 2.05) is 27.7 Å². The Labute approximate surface area is 226 Å². The Morgan fingerprint density at radius 3 is 1.16 bits per heavy atom. The Bertz CT molecular complexity index is 690. The highest BCUT2D eigenvalue weighted by molar-refractivity contribution is 5.85. The van der Waals surface area contributed by atoms with Gasteiger partial charge in [0.05, 0.1) is 14.2 Å². The number of esters is 5. The Morgan fingerprint density at radius 2 is 0.947 bits per heavy atom. The second-order valence-electron chi connectivity index (χ2n) is 8.77. The fourth-order valence-electron chi connectivity index (χ4n) is 1.93. The molecule has 2 N–H and O–H groups in total. The number of aliphatic carboxylic acids is 1. The van der Waals surface area contributed by atoms with E-state index < -0.39 is 41.0 Å². The molecule has 0 heterocycles. The number of carbonyl (C=O) groups is 6.